The van der Waals surface area contributed by atoms with Crippen molar-refractivity contribution in [2.45, 2.75) is 26.6 Å². The van der Waals surface area contributed by atoms with Crippen LogP contribution in [0.3, 0.4) is 0 Å². The van der Waals surface area contributed by atoms with Crippen molar-refractivity contribution >= 4 is 5.69 Å². The fourth-order valence-corrected chi connectivity index (χ4v) is 2.03. The standard InChI is InChI=1S/C15H23F3N2O/c1-11(2)9-19-10-12-4-5-14(20(3)6-7-21)13(8-12)15(16,17)18/h4-5,8,11,19,21H,6-7,9-10H2,1-3H3. The zero-order chi connectivity index (χ0) is 16.0. The largest absolute Gasteiger partial charge is 0.418 e. The summed E-state index contributed by atoms with van der Waals surface area (Å²) in [5.41, 5.74) is 0.0237. The van der Waals surface area contributed by atoms with Crippen molar-refractivity contribution in [2.24, 2.45) is 5.92 Å². The maximum absolute atomic E-state index is 13.2. The Bertz CT molecular complexity index is 447. The molecule has 2 N–H and O–H groups in total. The Morgan fingerprint density at radius 2 is 1.95 bits per heavy atom. The molecule has 0 spiro atoms. The molecular weight excluding hydrogens is 281 g/mol. The molecule has 1 aromatic rings. The minimum Gasteiger partial charge on any atom is -0.395 e. The van der Waals surface area contributed by atoms with Crippen LogP contribution >= 0.6 is 0 Å². The highest BCUT2D eigenvalue weighted by Crippen LogP contribution is 2.36. The van der Waals surface area contributed by atoms with Crippen LogP contribution < -0.4 is 10.2 Å². The molecule has 6 heteroatoms. The zero-order valence-corrected chi connectivity index (χ0v) is 12.7. The summed E-state index contributed by atoms with van der Waals surface area (Å²) in [4.78, 5) is 1.41. The van der Waals surface area contributed by atoms with E-state index in [-0.39, 0.29) is 18.8 Å². The van der Waals surface area contributed by atoms with Crippen molar-refractivity contribution < 1.29 is 18.3 Å². The lowest BCUT2D eigenvalue weighted by Gasteiger charge is -2.23. The van der Waals surface area contributed by atoms with Crippen molar-refractivity contribution in [3.05, 3.63) is 29.3 Å². The first-order chi connectivity index (χ1) is 9.75. The van der Waals surface area contributed by atoms with E-state index in [4.69, 9.17) is 5.11 Å². The second kappa shape index (κ2) is 7.66. The Labute approximate surface area is 123 Å². The predicted molar refractivity (Wildman–Crippen MR) is 78.3 cm³/mol. The maximum atomic E-state index is 13.2. The van der Waals surface area contributed by atoms with Crippen LogP contribution in [-0.4, -0.2) is 31.9 Å². The minimum absolute atomic E-state index is 0.0872. The smallest absolute Gasteiger partial charge is 0.395 e. The van der Waals surface area contributed by atoms with Crippen molar-refractivity contribution in [2.75, 3.05) is 31.6 Å². The number of halogens is 3. The molecule has 0 amide bonds. The summed E-state index contributed by atoms with van der Waals surface area (Å²) in [5.74, 6) is 0.446. The highest BCUT2D eigenvalue weighted by molar-refractivity contribution is 5.56. The molecule has 1 aromatic carbocycles. The van der Waals surface area contributed by atoms with Crippen LogP contribution in [0.2, 0.25) is 0 Å². The minimum atomic E-state index is -4.41. The summed E-state index contributed by atoms with van der Waals surface area (Å²) in [5, 5.41) is 12.0. The van der Waals surface area contributed by atoms with Gasteiger partial charge in [-0.15, -0.1) is 0 Å². The van der Waals surface area contributed by atoms with Gasteiger partial charge >= 0.3 is 6.18 Å². The molecule has 0 atom stereocenters. The Balaban J connectivity index is 2.96. The molecule has 0 fully saturated rings. The maximum Gasteiger partial charge on any atom is 0.418 e. The number of rotatable bonds is 7. The zero-order valence-electron chi connectivity index (χ0n) is 12.7. The van der Waals surface area contributed by atoms with Gasteiger partial charge in [0.15, 0.2) is 0 Å². The van der Waals surface area contributed by atoms with Crippen LogP contribution in [0.5, 0.6) is 0 Å². The normalized spacial score (nSPS) is 12.0. The van der Waals surface area contributed by atoms with E-state index in [1.807, 2.05) is 13.8 Å². The number of hydrogen-bond donors (Lipinski definition) is 2. The lowest BCUT2D eigenvalue weighted by molar-refractivity contribution is -0.137. The summed E-state index contributed by atoms with van der Waals surface area (Å²) < 4.78 is 39.5. The van der Waals surface area contributed by atoms with Crippen molar-refractivity contribution in [1.82, 2.24) is 5.32 Å². The van der Waals surface area contributed by atoms with E-state index in [1.54, 1.807) is 6.07 Å². The third kappa shape index (κ3) is 5.55. The highest BCUT2D eigenvalue weighted by Gasteiger charge is 2.34. The number of aliphatic hydroxyl groups excluding tert-OH is 1. The Morgan fingerprint density at radius 3 is 2.48 bits per heavy atom. The van der Waals surface area contributed by atoms with Crippen LogP contribution in [0.25, 0.3) is 0 Å². The topological polar surface area (TPSA) is 35.5 Å². The predicted octanol–water partition coefficient (Wildman–Crippen LogP) is 2.88. The number of aliphatic hydroxyl groups is 1. The van der Waals surface area contributed by atoms with Crippen molar-refractivity contribution in [1.29, 1.82) is 0 Å². The monoisotopic (exact) mass is 304 g/mol. The third-order valence-electron chi connectivity index (χ3n) is 3.09. The van der Waals surface area contributed by atoms with E-state index in [0.29, 0.717) is 18.0 Å². The summed E-state index contributed by atoms with van der Waals surface area (Å²) in [6.07, 6.45) is -4.41. The summed E-state index contributed by atoms with van der Waals surface area (Å²) in [6, 6.07) is 4.33. The molecule has 0 saturated carbocycles. The van der Waals surface area contributed by atoms with Gasteiger partial charge in [-0.05, 0) is 30.2 Å². The van der Waals surface area contributed by atoms with Gasteiger partial charge in [0.1, 0.15) is 0 Å². The van der Waals surface area contributed by atoms with Gasteiger partial charge in [0.05, 0.1) is 12.2 Å². The second-order valence-electron chi connectivity index (χ2n) is 5.52. The van der Waals surface area contributed by atoms with E-state index in [0.717, 1.165) is 6.54 Å². The van der Waals surface area contributed by atoms with E-state index >= 15 is 0 Å². The van der Waals surface area contributed by atoms with Gasteiger partial charge in [-0.2, -0.15) is 13.2 Å². The molecule has 0 aliphatic carbocycles. The van der Waals surface area contributed by atoms with E-state index in [1.165, 1.54) is 24.1 Å². The summed E-state index contributed by atoms with van der Waals surface area (Å²) in [6.45, 7) is 5.22. The average molecular weight is 304 g/mol. The lowest BCUT2D eigenvalue weighted by atomic mass is 10.1. The molecular formula is C15H23F3N2O. The molecule has 3 nitrogen and oxygen atoms in total. The summed E-state index contributed by atoms with van der Waals surface area (Å²) in [7, 11) is 1.54. The number of likely N-dealkylation sites (N-methyl/N-ethyl adjacent to an activating group) is 1. The molecule has 0 bridgehead atoms. The molecule has 0 unspecified atom stereocenters. The fraction of sp³-hybridized carbons (Fsp3) is 0.600. The molecule has 0 aliphatic heterocycles. The number of nitrogens with one attached hydrogen (secondary N) is 1. The first-order valence-corrected chi connectivity index (χ1v) is 6.98. The lowest BCUT2D eigenvalue weighted by Crippen LogP contribution is -2.25. The number of hydrogen-bond acceptors (Lipinski definition) is 3. The van der Waals surface area contributed by atoms with Crippen LogP contribution in [0, 0.1) is 5.92 Å². The Kier molecular flexibility index (Phi) is 6.48. The van der Waals surface area contributed by atoms with Crippen LogP contribution in [0.4, 0.5) is 18.9 Å². The molecule has 0 heterocycles. The van der Waals surface area contributed by atoms with Gasteiger partial charge in [0.2, 0.25) is 0 Å². The molecule has 120 valence electrons. The number of alkyl halides is 3. The Hall–Kier alpha value is -1.27. The van der Waals surface area contributed by atoms with Crippen LogP contribution in [0.1, 0.15) is 25.0 Å². The number of anilines is 1. The Morgan fingerprint density at radius 1 is 1.29 bits per heavy atom. The van der Waals surface area contributed by atoms with Crippen molar-refractivity contribution in [3.8, 4) is 0 Å². The van der Waals surface area contributed by atoms with Gasteiger partial charge in [-0.25, -0.2) is 0 Å². The van der Waals surface area contributed by atoms with Gasteiger partial charge in [-0.1, -0.05) is 19.9 Å². The van der Waals surface area contributed by atoms with E-state index in [9.17, 15) is 13.2 Å². The number of nitrogens with zero attached hydrogens (tertiary/aromatic N) is 1. The molecule has 0 saturated heterocycles. The quantitative estimate of drug-likeness (QED) is 0.813. The molecule has 0 aromatic heterocycles. The first-order valence-electron chi connectivity index (χ1n) is 6.98. The number of benzene rings is 1. The average Bonchev–Trinajstić information content (AvgIpc) is 2.37. The third-order valence-corrected chi connectivity index (χ3v) is 3.09. The van der Waals surface area contributed by atoms with Crippen molar-refractivity contribution in [3.63, 3.8) is 0 Å². The van der Waals surface area contributed by atoms with Crippen LogP contribution in [-0.2, 0) is 12.7 Å². The van der Waals surface area contributed by atoms with Gasteiger partial charge in [0, 0.05) is 25.8 Å². The molecule has 1 rings (SSSR count). The highest BCUT2D eigenvalue weighted by atomic mass is 19.4. The SMILES string of the molecule is CC(C)CNCc1ccc(N(C)CCO)c(C(F)(F)F)c1. The van der Waals surface area contributed by atoms with Gasteiger partial charge < -0.3 is 15.3 Å². The molecule has 0 radical (unpaired) electrons. The van der Waals surface area contributed by atoms with Gasteiger partial charge in [0.25, 0.3) is 0 Å². The van der Waals surface area contributed by atoms with E-state index < -0.39 is 11.7 Å². The summed E-state index contributed by atoms with van der Waals surface area (Å²) >= 11 is 0. The van der Waals surface area contributed by atoms with Gasteiger partial charge in [-0.3, -0.25) is 0 Å². The fourth-order valence-electron chi connectivity index (χ4n) is 2.03. The van der Waals surface area contributed by atoms with Crippen LogP contribution in [0.15, 0.2) is 18.2 Å². The molecule has 21 heavy (non-hydrogen) atoms. The first kappa shape index (κ1) is 17.8. The van der Waals surface area contributed by atoms with E-state index in [2.05, 4.69) is 5.32 Å². The second-order valence-corrected chi connectivity index (χ2v) is 5.52. The molecule has 0 aliphatic rings.